The number of benzene rings is 2. The standard InChI is InChI=1S/C26H25N3O3S/c1-31-22-15-20-10-13-29(25(24-5-3-14-33-24)21(20)16-23(22)32-2)26(30)19-8-6-18(7-9-19)17-28-12-4-11-27-28/h3-9,11-12,14-16,25H,10,13,17H2,1-2H3. The van der Waals surface area contributed by atoms with E-state index < -0.39 is 0 Å². The van der Waals surface area contributed by atoms with E-state index in [4.69, 9.17) is 9.47 Å². The van der Waals surface area contributed by atoms with Crippen LogP contribution in [0.5, 0.6) is 11.5 Å². The van der Waals surface area contributed by atoms with Gasteiger partial charge in [-0.1, -0.05) is 18.2 Å². The Kier molecular flexibility index (Phi) is 5.88. The molecule has 0 saturated carbocycles. The first-order chi connectivity index (χ1) is 16.2. The molecule has 2 aromatic carbocycles. The fourth-order valence-corrected chi connectivity index (χ4v) is 5.27. The third-order valence-electron chi connectivity index (χ3n) is 6.05. The van der Waals surface area contributed by atoms with E-state index in [1.807, 2.05) is 64.3 Å². The van der Waals surface area contributed by atoms with Crippen LogP contribution in [0.15, 0.2) is 72.4 Å². The first-order valence-corrected chi connectivity index (χ1v) is 11.7. The summed E-state index contributed by atoms with van der Waals surface area (Å²) in [6.45, 7) is 1.32. The molecule has 7 heteroatoms. The number of hydrogen-bond donors (Lipinski definition) is 0. The molecule has 5 rings (SSSR count). The van der Waals surface area contributed by atoms with Gasteiger partial charge in [0.25, 0.3) is 5.91 Å². The predicted molar refractivity (Wildman–Crippen MR) is 128 cm³/mol. The summed E-state index contributed by atoms with van der Waals surface area (Å²) >= 11 is 1.66. The van der Waals surface area contributed by atoms with Crippen LogP contribution < -0.4 is 9.47 Å². The third kappa shape index (κ3) is 4.12. The van der Waals surface area contributed by atoms with Crippen molar-refractivity contribution in [1.29, 1.82) is 0 Å². The minimum Gasteiger partial charge on any atom is -0.493 e. The molecule has 1 atom stereocenters. The molecule has 1 amide bonds. The molecule has 0 fully saturated rings. The minimum absolute atomic E-state index is 0.0273. The number of fused-ring (bicyclic) bond motifs is 1. The van der Waals surface area contributed by atoms with E-state index in [9.17, 15) is 4.79 Å². The van der Waals surface area contributed by atoms with Crippen LogP contribution in [0, 0.1) is 0 Å². The summed E-state index contributed by atoms with van der Waals surface area (Å²) < 4.78 is 13.0. The SMILES string of the molecule is COc1cc2c(cc1OC)C(c1cccs1)N(C(=O)c1ccc(Cn3cccn3)cc1)CC2. The molecule has 6 nitrogen and oxygen atoms in total. The second kappa shape index (κ2) is 9.11. The number of hydrogen-bond acceptors (Lipinski definition) is 5. The molecule has 0 spiro atoms. The van der Waals surface area contributed by atoms with Gasteiger partial charge in [-0.3, -0.25) is 9.48 Å². The second-order valence-corrected chi connectivity index (χ2v) is 8.95. The van der Waals surface area contributed by atoms with Crippen LogP contribution in [0.25, 0.3) is 0 Å². The van der Waals surface area contributed by atoms with Crippen molar-refractivity contribution >= 4 is 17.2 Å². The molecule has 2 aromatic heterocycles. The van der Waals surface area contributed by atoms with Gasteiger partial charge in [-0.2, -0.15) is 5.10 Å². The van der Waals surface area contributed by atoms with Crippen molar-refractivity contribution in [3.05, 3.63) is 99.5 Å². The quantitative estimate of drug-likeness (QED) is 0.416. The molecular weight excluding hydrogens is 434 g/mol. The average molecular weight is 460 g/mol. The number of aromatic nitrogens is 2. The topological polar surface area (TPSA) is 56.6 Å². The Balaban J connectivity index is 1.48. The molecule has 168 valence electrons. The van der Waals surface area contributed by atoms with E-state index >= 15 is 0 Å². The van der Waals surface area contributed by atoms with Crippen LogP contribution >= 0.6 is 11.3 Å². The lowest BCUT2D eigenvalue weighted by molar-refractivity contribution is 0.0697. The van der Waals surface area contributed by atoms with Crippen molar-refractivity contribution in [1.82, 2.24) is 14.7 Å². The Labute approximate surface area is 197 Å². The van der Waals surface area contributed by atoms with Gasteiger partial charge in [-0.25, -0.2) is 0 Å². The first kappa shape index (κ1) is 21.3. The molecule has 1 aliphatic heterocycles. The summed E-state index contributed by atoms with van der Waals surface area (Å²) in [7, 11) is 3.29. The molecular formula is C26H25N3O3S. The molecule has 1 unspecified atom stereocenters. The maximum atomic E-state index is 13.7. The Morgan fingerprint density at radius 1 is 1.09 bits per heavy atom. The summed E-state index contributed by atoms with van der Waals surface area (Å²) in [5, 5.41) is 6.30. The van der Waals surface area contributed by atoms with Gasteiger partial charge in [0.1, 0.15) is 0 Å². The fraction of sp³-hybridized carbons (Fsp3) is 0.231. The molecule has 0 N–H and O–H groups in total. The highest BCUT2D eigenvalue weighted by Crippen LogP contribution is 2.42. The smallest absolute Gasteiger partial charge is 0.254 e. The number of amides is 1. The number of nitrogens with zero attached hydrogens (tertiary/aromatic N) is 3. The second-order valence-electron chi connectivity index (χ2n) is 7.97. The largest absolute Gasteiger partial charge is 0.493 e. The van der Waals surface area contributed by atoms with Gasteiger partial charge in [-0.15, -0.1) is 11.3 Å². The van der Waals surface area contributed by atoms with E-state index in [1.165, 1.54) is 5.56 Å². The Morgan fingerprint density at radius 3 is 2.55 bits per heavy atom. The maximum Gasteiger partial charge on any atom is 0.254 e. The lowest BCUT2D eigenvalue weighted by Crippen LogP contribution is -2.40. The summed E-state index contributed by atoms with van der Waals surface area (Å²) in [4.78, 5) is 16.8. The molecule has 3 heterocycles. The third-order valence-corrected chi connectivity index (χ3v) is 6.98. The van der Waals surface area contributed by atoms with E-state index in [1.54, 1.807) is 31.8 Å². The first-order valence-electron chi connectivity index (χ1n) is 10.8. The molecule has 33 heavy (non-hydrogen) atoms. The summed E-state index contributed by atoms with van der Waals surface area (Å²) in [6, 6.07) is 17.8. The molecule has 0 radical (unpaired) electrons. The molecule has 0 bridgehead atoms. The zero-order valence-electron chi connectivity index (χ0n) is 18.6. The van der Waals surface area contributed by atoms with Crippen molar-refractivity contribution < 1.29 is 14.3 Å². The predicted octanol–water partition coefficient (Wildman–Crippen LogP) is 4.80. The van der Waals surface area contributed by atoms with Gasteiger partial charge in [0.2, 0.25) is 0 Å². The van der Waals surface area contributed by atoms with Gasteiger partial charge in [0, 0.05) is 29.4 Å². The number of carbonyl (C=O) groups excluding carboxylic acids is 1. The molecule has 1 aliphatic rings. The van der Waals surface area contributed by atoms with Crippen molar-refractivity contribution in [2.75, 3.05) is 20.8 Å². The maximum absolute atomic E-state index is 13.7. The number of thiophene rings is 1. The van der Waals surface area contributed by atoms with E-state index in [-0.39, 0.29) is 11.9 Å². The van der Waals surface area contributed by atoms with Crippen LogP contribution in [0.1, 0.15) is 38.0 Å². The van der Waals surface area contributed by atoms with Gasteiger partial charge in [0.15, 0.2) is 11.5 Å². The summed E-state index contributed by atoms with van der Waals surface area (Å²) in [5.41, 5.74) is 4.06. The highest BCUT2D eigenvalue weighted by Gasteiger charge is 2.34. The summed E-state index contributed by atoms with van der Waals surface area (Å²) in [6.07, 6.45) is 4.46. The summed E-state index contributed by atoms with van der Waals surface area (Å²) in [5.74, 6) is 1.42. The van der Waals surface area contributed by atoms with Crippen molar-refractivity contribution in [3.8, 4) is 11.5 Å². The van der Waals surface area contributed by atoms with E-state index in [0.29, 0.717) is 30.2 Å². The Morgan fingerprint density at radius 2 is 1.88 bits per heavy atom. The lowest BCUT2D eigenvalue weighted by atomic mass is 9.90. The van der Waals surface area contributed by atoms with Crippen molar-refractivity contribution in [3.63, 3.8) is 0 Å². The van der Waals surface area contributed by atoms with Crippen LogP contribution in [0.3, 0.4) is 0 Å². The van der Waals surface area contributed by atoms with Crippen LogP contribution in [-0.2, 0) is 13.0 Å². The Bertz CT molecular complexity index is 1230. The highest BCUT2D eigenvalue weighted by atomic mass is 32.1. The van der Waals surface area contributed by atoms with Gasteiger partial charge >= 0.3 is 0 Å². The van der Waals surface area contributed by atoms with E-state index in [2.05, 4.69) is 16.5 Å². The van der Waals surface area contributed by atoms with Crippen molar-refractivity contribution in [2.45, 2.75) is 19.0 Å². The van der Waals surface area contributed by atoms with Crippen molar-refractivity contribution in [2.24, 2.45) is 0 Å². The number of ether oxygens (including phenoxy) is 2. The number of methoxy groups -OCH3 is 2. The molecule has 4 aromatic rings. The van der Waals surface area contributed by atoms with Gasteiger partial charge in [0.05, 0.1) is 26.8 Å². The molecule has 0 aliphatic carbocycles. The van der Waals surface area contributed by atoms with Crippen LogP contribution in [0.4, 0.5) is 0 Å². The monoisotopic (exact) mass is 459 g/mol. The van der Waals surface area contributed by atoms with Crippen LogP contribution in [-0.4, -0.2) is 41.4 Å². The fourth-order valence-electron chi connectivity index (χ4n) is 4.42. The normalized spacial score (nSPS) is 15.2. The zero-order chi connectivity index (χ0) is 22.8. The highest BCUT2D eigenvalue weighted by molar-refractivity contribution is 7.10. The average Bonchev–Trinajstić information content (AvgIpc) is 3.57. The minimum atomic E-state index is -0.162. The van der Waals surface area contributed by atoms with E-state index in [0.717, 1.165) is 22.4 Å². The Hall–Kier alpha value is -3.58. The van der Waals surface area contributed by atoms with Gasteiger partial charge in [-0.05, 0) is 64.9 Å². The zero-order valence-corrected chi connectivity index (χ0v) is 19.4. The van der Waals surface area contributed by atoms with Crippen LogP contribution in [0.2, 0.25) is 0 Å². The number of carbonyl (C=O) groups is 1. The lowest BCUT2D eigenvalue weighted by Gasteiger charge is -2.37. The molecule has 0 saturated heterocycles. The number of rotatable bonds is 6. The van der Waals surface area contributed by atoms with Gasteiger partial charge < -0.3 is 14.4 Å².